The van der Waals surface area contributed by atoms with Crippen molar-refractivity contribution in [3.05, 3.63) is 70.7 Å². The van der Waals surface area contributed by atoms with Crippen LogP contribution in [0.2, 0.25) is 0 Å². The van der Waals surface area contributed by atoms with Crippen molar-refractivity contribution >= 4 is 28.1 Å². The molecule has 3 aromatic rings. The van der Waals surface area contributed by atoms with Crippen LogP contribution >= 0.6 is 11.3 Å². The first-order chi connectivity index (χ1) is 14.0. The van der Waals surface area contributed by atoms with Gasteiger partial charge in [0.1, 0.15) is 11.9 Å². The molecule has 3 rings (SSSR count). The predicted octanol–water partition coefficient (Wildman–Crippen LogP) is 4.18. The molecule has 0 aliphatic carbocycles. The first-order valence-corrected chi connectivity index (χ1v) is 10.3. The van der Waals surface area contributed by atoms with Gasteiger partial charge >= 0.3 is 0 Å². The smallest absolute Gasteiger partial charge is 0.257 e. The van der Waals surface area contributed by atoms with Crippen LogP contribution in [0, 0.1) is 0 Å². The molecule has 0 aliphatic heterocycles. The summed E-state index contributed by atoms with van der Waals surface area (Å²) >= 11 is 1.38. The molecule has 1 aromatic heterocycles. The molecule has 3 N–H and O–H groups in total. The number of nitrogens with one attached hydrogen (secondary N) is 1. The quantitative estimate of drug-likeness (QED) is 0.516. The number of ether oxygens (including phenoxy) is 2. The Morgan fingerprint density at radius 1 is 1.21 bits per heavy atom. The minimum absolute atomic E-state index is 0.126. The summed E-state index contributed by atoms with van der Waals surface area (Å²) in [5, 5.41) is 5.21. The van der Waals surface area contributed by atoms with Crippen LogP contribution in [0.5, 0.6) is 5.75 Å². The lowest BCUT2D eigenvalue weighted by molar-refractivity contribution is 0.0916. The van der Waals surface area contributed by atoms with Crippen LogP contribution in [0.1, 0.15) is 28.4 Å². The van der Waals surface area contributed by atoms with Crippen molar-refractivity contribution < 1.29 is 14.3 Å². The Balaban J connectivity index is 1.80. The third-order valence-electron chi connectivity index (χ3n) is 4.27. The summed E-state index contributed by atoms with van der Waals surface area (Å²) in [5.41, 5.74) is 9.32. The number of anilines is 2. The Kier molecular flexibility index (Phi) is 7.21. The molecule has 29 heavy (non-hydrogen) atoms. The molecule has 7 heteroatoms. The van der Waals surface area contributed by atoms with Gasteiger partial charge in [-0.2, -0.15) is 0 Å². The van der Waals surface area contributed by atoms with Crippen LogP contribution in [0.15, 0.2) is 54.0 Å². The number of aromatic nitrogens is 1. The highest BCUT2D eigenvalue weighted by Crippen LogP contribution is 2.22. The number of hydrogen-bond acceptors (Lipinski definition) is 6. The predicted molar refractivity (Wildman–Crippen MR) is 117 cm³/mol. The maximum absolute atomic E-state index is 12.7. The molecule has 0 aliphatic rings. The van der Waals surface area contributed by atoms with Crippen LogP contribution < -0.4 is 15.8 Å². The third-order valence-corrected chi connectivity index (χ3v) is 4.96. The largest absolute Gasteiger partial charge is 0.488 e. The number of aryl methyl sites for hydroxylation is 2. The number of thiazole rings is 1. The van der Waals surface area contributed by atoms with E-state index in [9.17, 15) is 4.79 Å². The number of amides is 1. The molecular weight excluding hydrogens is 386 g/mol. The standard InChI is InChI=1S/C22H25N3O3S/c1-15(14-27-2)28-20-12-17(7-6-16-4-3-5-19(23)11-16)10-18(13-20)21(26)25-22-24-8-9-29-22/h3-5,8-13,15H,6-7,14,23H2,1-2H3,(H,24,25,26)/t15-/m0/s1. The SMILES string of the molecule is COC[C@H](C)Oc1cc(CCc2cccc(N)c2)cc(C(=O)Nc2nccs2)c1. The first-order valence-electron chi connectivity index (χ1n) is 9.38. The molecule has 1 atom stereocenters. The number of carbonyl (C=O) groups excluding carboxylic acids is 1. The summed E-state index contributed by atoms with van der Waals surface area (Å²) in [7, 11) is 1.63. The second-order valence-corrected chi connectivity index (χ2v) is 7.68. The van der Waals surface area contributed by atoms with Crippen molar-refractivity contribution in [1.82, 2.24) is 4.98 Å². The number of nitrogens with two attached hydrogens (primary N) is 1. The topological polar surface area (TPSA) is 86.5 Å². The normalized spacial score (nSPS) is 11.8. The molecule has 152 valence electrons. The van der Waals surface area contributed by atoms with Gasteiger partial charge in [-0.25, -0.2) is 4.98 Å². The maximum atomic E-state index is 12.7. The summed E-state index contributed by atoms with van der Waals surface area (Å²) in [6.07, 6.45) is 3.11. The zero-order valence-corrected chi connectivity index (χ0v) is 17.4. The van der Waals surface area contributed by atoms with Gasteiger partial charge < -0.3 is 15.2 Å². The highest BCUT2D eigenvalue weighted by atomic mass is 32.1. The molecule has 1 amide bonds. The number of carbonyl (C=O) groups is 1. The van der Waals surface area contributed by atoms with Crippen LogP contribution in [-0.4, -0.2) is 30.7 Å². The van der Waals surface area contributed by atoms with Crippen LogP contribution in [-0.2, 0) is 17.6 Å². The molecule has 0 bridgehead atoms. The molecule has 0 spiro atoms. The molecular formula is C22H25N3O3S. The molecule has 2 aromatic carbocycles. The van der Waals surface area contributed by atoms with E-state index in [2.05, 4.69) is 10.3 Å². The average molecular weight is 412 g/mol. The number of nitrogens with zero attached hydrogens (tertiary/aromatic N) is 1. The molecule has 0 saturated heterocycles. The van der Waals surface area contributed by atoms with Crippen LogP contribution in [0.3, 0.4) is 0 Å². The molecule has 0 radical (unpaired) electrons. The van der Waals surface area contributed by atoms with Gasteiger partial charge in [0.15, 0.2) is 5.13 Å². The summed E-state index contributed by atoms with van der Waals surface area (Å²) in [5.74, 6) is 0.430. The summed E-state index contributed by atoms with van der Waals surface area (Å²) in [4.78, 5) is 16.8. The minimum atomic E-state index is -0.213. The minimum Gasteiger partial charge on any atom is -0.488 e. The van der Waals surface area contributed by atoms with Crippen molar-refractivity contribution in [1.29, 1.82) is 0 Å². The summed E-state index contributed by atoms with van der Waals surface area (Å²) in [6.45, 7) is 2.40. The van der Waals surface area contributed by atoms with E-state index < -0.39 is 0 Å². The Hall–Kier alpha value is -2.90. The van der Waals surface area contributed by atoms with Crippen LogP contribution in [0.4, 0.5) is 10.8 Å². The fourth-order valence-electron chi connectivity index (χ4n) is 3.00. The van der Waals surface area contributed by atoms with Crippen LogP contribution in [0.25, 0.3) is 0 Å². The molecule has 0 saturated carbocycles. The van der Waals surface area contributed by atoms with Gasteiger partial charge in [0.05, 0.1) is 6.61 Å². The Morgan fingerprint density at radius 2 is 2.03 bits per heavy atom. The highest BCUT2D eigenvalue weighted by Gasteiger charge is 2.13. The lowest BCUT2D eigenvalue weighted by Gasteiger charge is -2.16. The van der Waals surface area contributed by atoms with E-state index in [0.29, 0.717) is 23.1 Å². The van der Waals surface area contributed by atoms with Crippen molar-refractivity contribution in [3.63, 3.8) is 0 Å². The van der Waals surface area contributed by atoms with Gasteiger partial charge in [-0.15, -0.1) is 11.3 Å². The van der Waals surface area contributed by atoms with Crippen molar-refractivity contribution in [2.24, 2.45) is 0 Å². The lowest BCUT2D eigenvalue weighted by atomic mass is 10.0. The summed E-state index contributed by atoms with van der Waals surface area (Å²) in [6, 6.07) is 13.4. The monoisotopic (exact) mass is 411 g/mol. The van der Waals surface area contributed by atoms with Crippen molar-refractivity contribution in [2.45, 2.75) is 25.9 Å². The lowest BCUT2D eigenvalue weighted by Crippen LogP contribution is -2.19. The van der Waals surface area contributed by atoms with E-state index in [1.165, 1.54) is 11.3 Å². The number of hydrogen-bond donors (Lipinski definition) is 2. The maximum Gasteiger partial charge on any atom is 0.257 e. The van der Waals surface area contributed by atoms with E-state index in [1.54, 1.807) is 19.4 Å². The molecule has 0 fully saturated rings. The van der Waals surface area contributed by atoms with E-state index in [1.807, 2.05) is 48.7 Å². The molecule has 0 unspecified atom stereocenters. The van der Waals surface area contributed by atoms with E-state index >= 15 is 0 Å². The molecule has 6 nitrogen and oxygen atoms in total. The number of benzene rings is 2. The fourth-order valence-corrected chi connectivity index (χ4v) is 3.52. The van der Waals surface area contributed by atoms with Gasteiger partial charge in [0.2, 0.25) is 0 Å². The Bertz CT molecular complexity index is 944. The van der Waals surface area contributed by atoms with Gasteiger partial charge in [0.25, 0.3) is 5.91 Å². The number of nitrogen functional groups attached to an aromatic ring is 1. The Morgan fingerprint density at radius 3 is 2.76 bits per heavy atom. The average Bonchev–Trinajstić information content (AvgIpc) is 3.19. The number of methoxy groups -OCH3 is 1. The summed E-state index contributed by atoms with van der Waals surface area (Å²) < 4.78 is 11.1. The third kappa shape index (κ3) is 6.30. The van der Waals surface area contributed by atoms with E-state index in [0.717, 1.165) is 29.7 Å². The zero-order chi connectivity index (χ0) is 20.6. The zero-order valence-electron chi connectivity index (χ0n) is 16.6. The Labute approximate surface area is 174 Å². The van der Waals surface area contributed by atoms with Crippen molar-refractivity contribution in [3.8, 4) is 5.75 Å². The van der Waals surface area contributed by atoms with Gasteiger partial charge in [0, 0.05) is 29.9 Å². The van der Waals surface area contributed by atoms with Gasteiger partial charge in [-0.3, -0.25) is 10.1 Å². The second kappa shape index (κ2) is 10.0. The second-order valence-electron chi connectivity index (χ2n) is 6.79. The van der Waals surface area contributed by atoms with Crippen molar-refractivity contribution in [2.75, 3.05) is 24.8 Å². The number of rotatable bonds is 9. The first kappa shape index (κ1) is 20.8. The fraction of sp³-hybridized carbons (Fsp3) is 0.273. The highest BCUT2D eigenvalue weighted by molar-refractivity contribution is 7.13. The van der Waals surface area contributed by atoms with Gasteiger partial charge in [-0.1, -0.05) is 12.1 Å². The van der Waals surface area contributed by atoms with Gasteiger partial charge in [-0.05, 0) is 61.2 Å². The van der Waals surface area contributed by atoms with E-state index in [-0.39, 0.29) is 12.0 Å². The van der Waals surface area contributed by atoms with E-state index in [4.69, 9.17) is 15.2 Å². The molecule has 1 heterocycles.